The number of amides is 2. The summed E-state index contributed by atoms with van der Waals surface area (Å²) in [4.78, 5) is 32.8. The molecule has 2 amide bonds. The third-order valence-corrected chi connectivity index (χ3v) is 5.48. The number of ether oxygens (including phenoxy) is 2. The number of aliphatic carboxylic acids is 1. The highest BCUT2D eigenvalue weighted by molar-refractivity contribution is 5.76. The molecule has 210 valence electrons. The minimum Gasteiger partial charge on any atom is -0.477 e. The first-order chi connectivity index (χ1) is 16.6. The van der Waals surface area contributed by atoms with Crippen LogP contribution in [0.2, 0.25) is 0 Å². The Balaban J connectivity index is 0.000000381. The van der Waals surface area contributed by atoms with Gasteiger partial charge in [-0.2, -0.15) is 0 Å². The van der Waals surface area contributed by atoms with Gasteiger partial charge in [0, 0.05) is 20.3 Å². The van der Waals surface area contributed by atoms with E-state index in [1.54, 1.807) is 0 Å². The van der Waals surface area contributed by atoms with Crippen molar-refractivity contribution in [2.24, 2.45) is 0 Å². The molecule has 0 bridgehead atoms. The van der Waals surface area contributed by atoms with E-state index in [9.17, 15) is 50.1 Å². The number of hydrogen-bond donors (Lipinski definition) is 12. The second-order valence-corrected chi connectivity index (χ2v) is 8.37. The van der Waals surface area contributed by atoms with E-state index in [-0.39, 0.29) is 0 Å². The molecule has 11 atom stereocenters. The third kappa shape index (κ3) is 7.98. The third-order valence-electron chi connectivity index (χ3n) is 5.48. The molecule has 2 rings (SSSR count). The van der Waals surface area contributed by atoms with Crippen LogP contribution in [-0.4, -0.2) is 149 Å². The van der Waals surface area contributed by atoms with Crippen molar-refractivity contribution in [2.45, 2.75) is 87.2 Å². The predicted molar refractivity (Wildman–Crippen MR) is 112 cm³/mol. The predicted octanol–water partition coefficient (Wildman–Crippen LogP) is -6.95. The number of carbonyl (C=O) groups is 3. The average Bonchev–Trinajstić information content (AvgIpc) is 2.79. The molecule has 2 saturated heterocycles. The van der Waals surface area contributed by atoms with Gasteiger partial charge in [0.1, 0.15) is 42.7 Å². The SMILES string of the molecule is CC(=O)N[C@H]1C(O)O[C@H](CO)[C@H](O)[C@@H]1O.CC(=O)N[C@H]1[C@H]([C@H](O)[C@H](O)CO)OC(O)(C(=O)O)C[C@@H]1O. The first-order valence-corrected chi connectivity index (χ1v) is 10.7. The van der Waals surface area contributed by atoms with Crippen molar-refractivity contribution in [1.29, 1.82) is 0 Å². The molecule has 0 aromatic rings. The minimum absolute atomic E-state index is 0.462. The Morgan fingerprint density at radius 2 is 1.50 bits per heavy atom. The van der Waals surface area contributed by atoms with Gasteiger partial charge in [-0.25, -0.2) is 4.79 Å². The number of nitrogens with one attached hydrogen (secondary N) is 2. The molecule has 0 radical (unpaired) electrons. The van der Waals surface area contributed by atoms with Crippen molar-refractivity contribution in [3.8, 4) is 0 Å². The van der Waals surface area contributed by atoms with Gasteiger partial charge in [-0.15, -0.1) is 0 Å². The Hall–Kier alpha value is -2.03. The van der Waals surface area contributed by atoms with Crippen LogP contribution >= 0.6 is 0 Å². The Morgan fingerprint density at radius 1 is 0.972 bits per heavy atom. The molecule has 2 aliphatic heterocycles. The second kappa shape index (κ2) is 13.5. The van der Waals surface area contributed by atoms with Gasteiger partial charge in [0.05, 0.1) is 25.4 Å². The normalized spacial score (nSPS) is 38.1. The highest BCUT2D eigenvalue weighted by Gasteiger charge is 2.53. The van der Waals surface area contributed by atoms with E-state index in [4.69, 9.17) is 24.8 Å². The molecular formula is C19H34N2O15. The molecule has 0 spiro atoms. The number of carboxylic acid groups (broad SMARTS) is 1. The Morgan fingerprint density at radius 3 is 1.94 bits per heavy atom. The largest absolute Gasteiger partial charge is 0.477 e. The number of carbonyl (C=O) groups excluding carboxylic acids is 2. The van der Waals surface area contributed by atoms with E-state index < -0.39 is 104 Å². The van der Waals surface area contributed by atoms with Crippen LogP contribution in [0.15, 0.2) is 0 Å². The number of carboxylic acids is 1. The lowest BCUT2D eigenvalue weighted by Crippen LogP contribution is -2.67. The number of rotatable bonds is 7. The van der Waals surface area contributed by atoms with Crippen molar-refractivity contribution in [1.82, 2.24) is 10.6 Å². The summed E-state index contributed by atoms with van der Waals surface area (Å²) in [5.74, 6) is -5.64. The van der Waals surface area contributed by atoms with Gasteiger partial charge in [-0.1, -0.05) is 0 Å². The van der Waals surface area contributed by atoms with Gasteiger partial charge < -0.3 is 71.2 Å². The van der Waals surface area contributed by atoms with Gasteiger partial charge in [-0.05, 0) is 0 Å². The zero-order chi connectivity index (χ0) is 28.0. The van der Waals surface area contributed by atoms with Crippen LogP contribution in [0, 0.1) is 0 Å². The highest BCUT2D eigenvalue weighted by atomic mass is 16.7. The molecule has 0 aromatic heterocycles. The summed E-state index contributed by atoms with van der Waals surface area (Å²) in [6.07, 6.45) is -12.7. The summed E-state index contributed by atoms with van der Waals surface area (Å²) in [6, 6.07) is -2.36. The van der Waals surface area contributed by atoms with Crippen molar-refractivity contribution >= 4 is 17.8 Å². The quantitative estimate of drug-likeness (QED) is 0.145. The molecule has 0 saturated carbocycles. The monoisotopic (exact) mass is 530 g/mol. The molecule has 17 heteroatoms. The van der Waals surface area contributed by atoms with E-state index in [1.807, 2.05) is 0 Å². The summed E-state index contributed by atoms with van der Waals surface area (Å²) >= 11 is 0. The zero-order valence-electron chi connectivity index (χ0n) is 19.4. The lowest BCUT2D eigenvalue weighted by Gasteiger charge is -2.44. The molecule has 2 unspecified atom stereocenters. The van der Waals surface area contributed by atoms with Gasteiger partial charge in [0.25, 0.3) is 5.79 Å². The first kappa shape index (κ1) is 32.0. The molecule has 17 nitrogen and oxygen atoms in total. The topological polar surface area (TPSA) is 296 Å². The molecule has 36 heavy (non-hydrogen) atoms. The van der Waals surface area contributed by atoms with Crippen LogP contribution in [0.25, 0.3) is 0 Å². The maximum absolute atomic E-state index is 11.1. The average molecular weight is 530 g/mol. The molecule has 12 N–H and O–H groups in total. The van der Waals surface area contributed by atoms with E-state index in [0.29, 0.717) is 0 Å². The fourth-order valence-corrected chi connectivity index (χ4v) is 3.62. The number of hydrogen-bond acceptors (Lipinski definition) is 14. The van der Waals surface area contributed by atoms with Crippen LogP contribution in [0.3, 0.4) is 0 Å². The lowest BCUT2D eigenvalue weighted by atomic mass is 9.88. The van der Waals surface area contributed by atoms with Crippen LogP contribution in [0.1, 0.15) is 20.3 Å². The summed E-state index contributed by atoms with van der Waals surface area (Å²) in [5.41, 5.74) is 0. The number of aliphatic hydroxyl groups excluding tert-OH is 8. The molecule has 2 heterocycles. The van der Waals surface area contributed by atoms with Crippen LogP contribution in [-0.2, 0) is 23.9 Å². The molecule has 2 aliphatic rings. The van der Waals surface area contributed by atoms with Crippen LogP contribution in [0.5, 0.6) is 0 Å². The van der Waals surface area contributed by atoms with E-state index >= 15 is 0 Å². The standard InChI is InChI=1S/C11H19NO9.C8H15NO6/c1-4(14)12-7-5(15)2-11(20,10(18)19)21-9(7)8(17)6(16)3-13;1-3(11)9-5-7(13)6(12)4(2-10)15-8(5)14/h5-9,13,15-17,20H,2-3H2,1H3,(H,12,14)(H,18,19);4-8,10,12-14H,2H2,1H3,(H,9,11)/t5-,6+,7+,8+,9+,11?;4-,5-,6+,7-,8?/m01/s1. The molecular weight excluding hydrogens is 496 g/mol. The summed E-state index contributed by atoms with van der Waals surface area (Å²) in [6.45, 7) is 0.943. The summed E-state index contributed by atoms with van der Waals surface area (Å²) in [7, 11) is 0. The Labute approximate surface area is 204 Å². The number of aliphatic hydroxyl groups is 9. The minimum atomic E-state index is -2.78. The van der Waals surface area contributed by atoms with Crippen LogP contribution in [0.4, 0.5) is 0 Å². The van der Waals surface area contributed by atoms with Crippen molar-refractivity contribution in [2.75, 3.05) is 13.2 Å². The second-order valence-electron chi connectivity index (χ2n) is 8.37. The van der Waals surface area contributed by atoms with Crippen LogP contribution < -0.4 is 10.6 Å². The van der Waals surface area contributed by atoms with Crippen molar-refractivity contribution in [3.05, 3.63) is 0 Å². The molecule has 0 aliphatic carbocycles. The maximum Gasteiger partial charge on any atom is 0.364 e. The van der Waals surface area contributed by atoms with Gasteiger partial charge in [0.15, 0.2) is 6.29 Å². The lowest BCUT2D eigenvalue weighted by molar-refractivity contribution is -0.295. The smallest absolute Gasteiger partial charge is 0.364 e. The summed E-state index contributed by atoms with van der Waals surface area (Å²) < 4.78 is 9.68. The first-order valence-electron chi connectivity index (χ1n) is 10.7. The van der Waals surface area contributed by atoms with Gasteiger partial charge in [0.2, 0.25) is 11.8 Å². The fourth-order valence-electron chi connectivity index (χ4n) is 3.62. The van der Waals surface area contributed by atoms with Crippen molar-refractivity contribution in [3.63, 3.8) is 0 Å². The van der Waals surface area contributed by atoms with E-state index in [1.165, 1.54) is 6.92 Å². The van der Waals surface area contributed by atoms with Gasteiger partial charge in [-0.3, -0.25) is 9.59 Å². The Kier molecular flexibility index (Phi) is 12.0. The zero-order valence-corrected chi connectivity index (χ0v) is 19.4. The van der Waals surface area contributed by atoms with E-state index in [2.05, 4.69) is 10.6 Å². The molecule has 0 aromatic carbocycles. The van der Waals surface area contributed by atoms with Gasteiger partial charge >= 0.3 is 5.97 Å². The summed E-state index contributed by atoms with van der Waals surface area (Å²) in [5, 5.41) is 98.3. The maximum atomic E-state index is 11.1. The fraction of sp³-hybridized carbons (Fsp3) is 0.842. The highest BCUT2D eigenvalue weighted by Crippen LogP contribution is 2.30. The molecule has 2 fully saturated rings. The van der Waals surface area contributed by atoms with Crippen molar-refractivity contribution < 1.29 is 74.9 Å². The van der Waals surface area contributed by atoms with E-state index in [0.717, 1.165) is 6.92 Å². The Bertz CT molecular complexity index is 756.